The molecular weight excluding hydrogens is 468 g/mol. The summed E-state index contributed by atoms with van der Waals surface area (Å²) in [6.07, 6.45) is 2.82. The van der Waals surface area contributed by atoms with Gasteiger partial charge in [-0.3, -0.25) is 14.5 Å². The molecule has 168 valence electrons. The zero-order valence-corrected chi connectivity index (χ0v) is 18.9. The summed E-state index contributed by atoms with van der Waals surface area (Å²) in [6.45, 7) is 5.11. The Hall–Kier alpha value is -3.69. The highest BCUT2D eigenvalue weighted by molar-refractivity contribution is 7.17. The van der Waals surface area contributed by atoms with Gasteiger partial charge >= 0.3 is 11.9 Å². The van der Waals surface area contributed by atoms with E-state index in [0.717, 1.165) is 16.2 Å². The highest BCUT2D eigenvalue weighted by Gasteiger charge is 2.49. The molecule has 0 bridgehead atoms. The summed E-state index contributed by atoms with van der Waals surface area (Å²) in [6, 6.07) is 8.27. The Balaban J connectivity index is 1.84. The van der Waals surface area contributed by atoms with Crippen molar-refractivity contribution in [3.63, 3.8) is 0 Å². The van der Waals surface area contributed by atoms with Crippen molar-refractivity contribution in [1.29, 1.82) is 0 Å². The number of Topliss-reactive ketones (excluding diaryl/α,β-unsaturated/α-hetero) is 1. The van der Waals surface area contributed by atoms with E-state index in [1.165, 1.54) is 24.5 Å². The van der Waals surface area contributed by atoms with Crippen molar-refractivity contribution in [2.75, 3.05) is 11.5 Å². The Morgan fingerprint density at radius 2 is 2.06 bits per heavy atom. The molecule has 0 saturated carbocycles. The first kappa shape index (κ1) is 22.5. The number of halogens is 1. The Kier molecular flexibility index (Phi) is 6.17. The van der Waals surface area contributed by atoms with E-state index in [2.05, 4.69) is 11.6 Å². The van der Waals surface area contributed by atoms with E-state index in [0.29, 0.717) is 16.3 Å². The summed E-state index contributed by atoms with van der Waals surface area (Å²) < 4.78 is 10.6. The number of furan rings is 1. The number of anilines is 1. The molecule has 1 fully saturated rings. The number of aromatic nitrogens is 1. The van der Waals surface area contributed by atoms with E-state index in [-0.39, 0.29) is 33.7 Å². The van der Waals surface area contributed by atoms with Gasteiger partial charge in [-0.25, -0.2) is 9.78 Å². The minimum Gasteiger partial charge on any atom is -0.507 e. The van der Waals surface area contributed by atoms with Crippen LogP contribution >= 0.6 is 22.9 Å². The molecule has 1 aromatic carbocycles. The van der Waals surface area contributed by atoms with E-state index in [1.54, 1.807) is 31.2 Å². The number of esters is 1. The summed E-state index contributed by atoms with van der Waals surface area (Å²) in [4.78, 5) is 44.1. The minimum atomic E-state index is -1.08. The fourth-order valence-electron chi connectivity index (χ4n) is 3.38. The number of hydrogen-bond donors (Lipinski definition) is 1. The predicted octanol–water partition coefficient (Wildman–Crippen LogP) is 4.67. The van der Waals surface area contributed by atoms with Crippen LogP contribution in [0, 0.1) is 6.92 Å². The number of aliphatic hydroxyl groups is 1. The molecule has 1 unspecified atom stereocenters. The Bertz CT molecular complexity index is 1280. The average Bonchev–Trinajstić information content (AvgIpc) is 3.51. The summed E-state index contributed by atoms with van der Waals surface area (Å²) in [5.74, 6) is -2.58. The molecule has 3 heterocycles. The van der Waals surface area contributed by atoms with Gasteiger partial charge in [0.1, 0.15) is 29.0 Å². The third-order valence-corrected chi connectivity index (χ3v) is 6.27. The van der Waals surface area contributed by atoms with Crippen LogP contribution in [0.2, 0.25) is 5.02 Å². The lowest BCUT2D eigenvalue weighted by Gasteiger charge is -2.20. The quantitative estimate of drug-likeness (QED) is 0.178. The van der Waals surface area contributed by atoms with Crippen LogP contribution in [0.4, 0.5) is 5.13 Å². The van der Waals surface area contributed by atoms with Crippen molar-refractivity contribution in [3.05, 3.63) is 87.8 Å². The molecule has 1 aliphatic heterocycles. The lowest BCUT2D eigenvalue weighted by molar-refractivity contribution is -0.132. The molecule has 1 aliphatic rings. The summed E-state index contributed by atoms with van der Waals surface area (Å²) in [5, 5.41) is 11.5. The third kappa shape index (κ3) is 4.08. The number of carbonyl (C=O) groups excluding carboxylic acids is 3. The van der Waals surface area contributed by atoms with Gasteiger partial charge in [-0.1, -0.05) is 35.6 Å². The zero-order valence-electron chi connectivity index (χ0n) is 17.3. The summed E-state index contributed by atoms with van der Waals surface area (Å²) in [5.41, 5.74) is 0.473. The van der Waals surface area contributed by atoms with Gasteiger partial charge in [0, 0.05) is 10.6 Å². The SMILES string of the molecule is C=CCOC(=O)c1sc(N2C(=O)C(=O)/C(=C(/O)c3ccc(Cl)cc3)C2c2ccco2)nc1C. The number of nitrogens with zero attached hydrogens (tertiary/aromatic N) is 2. The predicted molar refractivity (Wildman–Crippen MR) is 122 cm³/mol. The molecule has 4 rings (SSSR count). The lowest BCUT2D eigenvalue weighted by atomic mass is 9.99. The van der Waals surface area contributed by atoms with E-state index in [9.17, 15) is 19.5 Å². The number of aryl methyl sites for hydroxylation is 1. The Morgan fingerprint density at radius 1 is 1.33 bits per heavy atom. The van der Waals surface area contributed by atoms with E-state index in [1.807, 2.05) is 0 Å². The van der Waals surface area contributed by atoms with Crippen LogP contribution in [0.1, 0.15) is 32.7 Å². The maximum atomic E-state index is 13.1. The van der Waals surface area contributed by atoms with Crippen molar-refractivity contribution in [1.82, 2.24) is 4.98 Å². The molecule has 10 heteroatoms. The molecule has 1 amide bonds. The van der Waals surface area contributed by atoms with Gasteiger partial charge in [0.2, 0.25) is 0 Å². The van der Waals surface area contributed by atoms with Crippen molar-refractivity contribution in [3.8, 4) is 0 Å². The van der Waals surface area contributed by atoms with Crippen LogP contribution in [0.3, 0.4) is 0 Å². The van der Waals surface area contributed by atoms with Gasteiger partial charge in [0.25, 0.3) is 5.78 Å². The van der Waals surface area contributed by atoms with Crippen LogP contribution < -0.4 is 4.90 Å². The molecule has 1 atom stereocenters. The standard InChI is InChI=1S/C23H17ClN2O6S/c1-3-10-32-22(30)20-12(2)25-23(33-20)26-17(15-5-4-11-31-15)16(19(28)21(26)29)18(27)13-6-8-14(24)9-7-13/h3-9,11,17,27H,1,10H2,2H3/b18-16+. The first-order chi connectivity index (χ1) is 15.8. The summed E-state index contributed by atoms with van der Waals surface area (Å²) >= 11 is 6.83. The third-order valence-electron chi connectivity index (χ3n) is 4.88. The summed E-state index contributed by atoms with van der Waals surface area (Å²) in [7, 11) is 0. The number of hydrogen-bond acceptors (Lipinski definition) is 8. The monoisotopic (exact) mass is 484 g/mol. The smallest absolute Gasteiger partial charge is 0.350 e. The van der Waals surface area contributed by atoms with E-state index in [4.69, 9.17) is 20.8 Å². The van der Waals surface area contributed by atoms with Gasteiger partial charge in [0.05, 0.1) is 17.5 Å². The fraction of sp³-hybridized carbons (Fsp3) is 0.130. The van der Waals surface area contributed by atoms with Gasteiger partial charge in [-0.15, -0.1) is 0 Å². The Labute approximate surface area is 197 Å². The second kappa shape index (κ2) is 9.05. The molecule has 3 aromatic rings. The highest BCUT2D eigenvalue weighted by Crippen LogP contribution is 2.44. The first-order valence-electron chi connectivity index (χ1n) is 9.69. The maximum absolute atomic E-state index is 13.1. The number of ketones is 1. The van der Waals surface area contributed by atoms with E-state index < -0.39 is 23.7 Å². The van der Waals surface area contributed by atoms with Crippen LogP contribution in [-0.2, 0) is 14.3 Å². The van der Waals surface area contributed by atoms with Crippen LogP contribution in [0.15, 0.2) is 65.3 Å². The van der Waals surface area contributed by atoms with Crippen molar-refractivity contribution in [2.24, 2.45) is 0 Å². The number of carbonyl (C=O) groups is 3. The lowest BCUT2D eigenvalue weighted by Crippen LogP contribution is -2.29. The van der Waals surface area contributed by atoms with Crippen LogP contribution in [0.5, 0.6) is 0 Å². The molecule has 2 aromatic heterocycles. The van der Waals surface area contributed by atoms with Gasteiger partial charge in [0.15, 0.2) is 5.13 Å². The molecule has 0 radical (unpaired) electrons. The largest absolute Gasteiger partial charge is 0.507 e. The number of aliphatic hydroxyl groups excluding tert-OH is 1. The van der Waals surface area contributed by atoms with Gasteiger partial charge in [-0.05, 0) is 43.3 Å². The molecule has 8 nitrogen and oxygen atoms in total. The Morgan fingerprint density at radius 3 is 2.70 bits per heavy atom. The maximum Gasteiger partial charge on any atom is 0.350 e. The molecule has 0 spiro atoms. The van der Waals surface area contributed by atoms with Crippen LogP contribution in [0.25, 0.3) is 5.76 Å². The first-order valence-corrected chi connectivity index (χ1v) is 10.9. The molecule has 1 saturated heterocycles. The fourth-order valence-corrected chi connectivity index (χ4v) is 4.50. The van der Waals surface area contributed by atoms with Crippen molar-refractivity contribution >= 4 is 51.5 Å². The number of amides is 1. The number of thiazole rings is 1. The molecule has 33 heavy (non-hydrogen) atoms. The zero-order chi connectivity index (χ0) is 23.7. The minimum absolute atomic E-state index is 0.0174. The normalized spacial score (nSPS) is 17.4. The second-order valence-corrected chi connectivity index (χ2v) is 8.40. The highest BCUT2D eigenvalue weighted by atomic mass is 35.5. The van der Waals surface area contributed by atoms with Crippen molar-refractivity contribution in [2.45, 2.75) is 13.0 Å². The molecule has 1 N–H and O–H groups in total. The van der Waals surface area contributed by atoms with Gasteiger partial charge < -0.3 is 14.3 Å². The number of benzene rings is 1. The van der Waals surface area contributed by atoms with Crippen LogP contribution in [-0.4, -0.2) is 34.4 Å². The second-order valence-electron chi connectivity index (χ2n) is 6.99. The molecular formula is C23H17ClN2O6S. The topological polar surface area (TPSA) is 110 Å². The van der Waals surface area contributed by atoms with Gasteiger partial charge in [-0.2, -0.15) is 0 Å². The number of rotatable bonds is 6. The average molecular weight is 485 g/mol. The molecule has 0 aliphatic carbocycles. The van der Waals surface area contributed by atoms with E-state index >= 15 is 0 Å². The number of ether oxygens (including phenoxy) is 1. The van der Waals surface area contributed by atoms with Crippen molar-refractivity contribution < 1.29 is 28.6 Å².